The van der Waals surface area contributed by atoms with Gasteiger partial charge in [-0.1, -0.05) is 11.8 Å². The molecule has 1 aliphatic heterocycles. The highest BCUT2D eigenvalue weighted by Gasteiger charge is 2.35. The number of H-pyrrole nitrogens is 1. The van der Waals surface area contributed by atoms with Gasteiger partial charge in [0.1, 0.15) is 17.9 Å². The second-order valence-corrected chi connectivity index (χ2v) is 6.15. The standard InChI is InChI=1S/C18H15F3N2O5/c19-18(20,21)12-5-2-10(3-6-12)1-4-11-8-23(17(27)22-16(11)26)15-7-13(25)14(9-24)28-15/h2-3,5-6,8,13-15,24-25H,7,9H2,(H,22,26,27). The summed E-state index contributed by atoms with van der Waals surface area (Å²) in [5, 5.41) is 18.9. The zero-order valence-corrected chi connectivity index (χ0v) is 14.2. The molecule has 1 saturated heterocycles. The Bertz CT molecular complexity index is 1030. The molecule has 148 valence electrons. The molecule has 1 aromatic carbocycles. The van der Waals surface area contributed by atoms with Crippen LogP contribution in [0.25, 0.3) is 0 Å². The first-order chi connectivity index (χ1) is 13.2. The van der Waals surface area contributed by atoms with Gasteiger partial charge in [0.2, 0.25) is 0 Å². The quantitative estimate of drug-likeness (QED) is 0.645. The van der Waals surface area contributed by atoms with Crippen LogP contribution < -0.4 is 11.2 Å². The minimum atomic E-state index is -4.46. The van der Waals surface area contributed by atoms with Crippen LogP contribution in [0, 0.1) is 11.8 Å². The molecule has 10 heteroatoms. The number of benzene rings is 1. The average Bonchev–Trinajstić information content (AvgIpc) is 3.01. The zero-order valence-electron chi connectivity index (χ0n) is 14.2. The number of aromatic amines is 1. The van der Waals surface area contributed by atoms with E-state index in [2.05, 4.69) is 16.8 Å². The highest BCUT2D eigenvalue weighted by atomic mass is 19.4. The van der Waals surface area contributed by atoms with Crippen molar-refractivity contribution >= 4 is 0 Å². The normalized spacial score (nSPS) is 22.0. The van der Waals surface area contributed by atoms with E-state index >= 15 is 0 Å². The molecule has 0 radical (unpaired) electrons. The van der Waals surface area contributed by atoms with Crippen molar-refractivity contribution in [2.75, 3.05) is 6.61 Å². The topological polar surface area (TPSA) is 105 Å². The molecule has 7 nitrogen and oxygen atoms in total. The fourth-order valence-corrected chi connectivity index (χ4v) is 2.72. The Labute approximate surface area is 156 Å². The second kappa shape index (κ2) is 7.63. The minimum absolute atomic E-state index is 0.0307. The molecule has 0 spiro atoms. The lowest BCUT2D eigenvalue weighted by molar-refractivity contribution is -0.137. The molecule has 28 heavy (non-hydrogen) atoms. The molecule has 0 bridgehead atoms. The second-order valence-electron chi connectivity index (χ2n) is 6.15. The van der Waals surface area contributed by atoms with Crippen LogP contribution in [0.5, 0.6) is 0 Å². The summed E-state index contributed by atoms with van der Waals surface area (Å²) in [4.78, 5) is 26.0. The Morgan fingerprint density at radius 1 is 1.21 bits per heavy atom. The predicted molar refractivity (Wildman–Crippen MR) is 90.4 cm³/mol. The number of nitrogens with zero attached hydrogens (tertiary/aromatic N) is 1. The van der Waals surface area contributed by atoms with Crippen molar-refractivity contribution in [3.05, 3.63) is 68.0 Å². The van der Waals surface area contributed by atoms with Gasteiger partial charge in [0.05, 0.1) is 18.3 Å². The molecule has 3 rings (SSSR count). The van der Waals surface area contributed by atoms with Crippen molar-refractivity contribution < 1.29 is 28.1 Å². The van der Waals surface area contributed by atoms with Gasteiger partial charge >= 0.3 is 11.9 Å². The summed E-state index contributed by atoms with van der Waals surface area (Å²) in [6.07, 6.45) is -6.01. The van der Waals surface area contributed by atoms with Crippen LogP contribution in [0.4, 0.5) is 13.2 Å². The Morgan fingerprint density at radius 3 is 2.46 bits per heavy atom. The third kappa shape index (κ3) is 4.17. The molecule has 1 aliphatic rings. The molecule has 1 fully saturated rings. The Balaban J connectivity index is 1.89. The number of hydrogen-bond donors (Lipinski definition) is 3. The van der Waals surface area contributed by atoms with Crippen molar-refractivity contribution in [3.63, 3.8) is 0 Å². The first-order valence-electron chi connectivity index (χ1n) is 8.18. The lowest BCUT2D eigenvalue weighted by Crippen LogP contribution is -2.33. The third-order valence-corrected chi connectivity index (χ3v) is 4.22. The fourth-order valence-electron chi connectivity index (χ4n) is 2.72. The van der Waals surface area contributed by atoms with Gasteiger partial charge in [-0.2, -0.15) is 13.2 Å². The SMILES string of the molecule is O=c1[nH]c(=O)n(C2CC(O)C(CO)O2)cc1C#Cc1ccc(C(F)(F)F)cc1. The summed E-state index contributed by atoms with van der Waals surface area (Å²) in [5.74, 6) is 5.08. The maximum Gasteiger partial charge on any atom is 0.416 e. The highest BCUT2D eigenvalue weighted by molar-refractivity contribution is 5.42. The summed E-state index contributed by atoms with van der Waals surface area (Å²) in [6, 6.07) is 4.08. The molecule has 2 aromatic rings. The number of nitrogens with one attached hydrogen (secondary N) is 1. The van der Waals surface area contributed by atoms with E-state index in [0.717, 1.165) is 22.9 Å². The van der Waals surface area contributed by atoms with Gasteiger partial charge in [-0.25, -0.2) is 4.79 Å². The van der Waals surface area contributed by atoms with E-state index in [4.69, 9.17) is 9.84 Å². The van der Waals surface area contributed by atoms with E-state index in [0.29, 0.717) is 0 Å². The van der Waals surface area contributed by atoms with Gasteiger partial charge < -0.3 is 14.9 Å². The number of aromatic nitrogens is 2. The van der Waals surface area contributed by atoms with Crippen molar-refractivity contribution in [1.82, 2.24) is 9.55 Å². The monoisotopic (exact) mass is 396 g/mol. The summed E-state index contributed by atoms with van der Waals surface area (Å²) >= 11 is 0. The maximum atomic E-state index is 12.6. The molecular formula is C18H15F3N2O5. The van der Waals surface area contributed by atoms with Crippen LogP contribution in [0.2, 0.25) is 0 Å². The van der Waals surface area contributed by atoms with Gasteiger partial charge in [0.25, 0.3) is 5.56 Å². The Kier molecular flexibility index (Phi) is 5.42. The average molecular weight is 396 g/mol. The van der Waals surface area contributed by atoms with Gasteiger partial charge in [-0.05, 0) is 24.3 Å². The predicted octanol–water partition coefficient (Wildman–Crippen LogP) is 0.596. The number of alkyl halides is 3. The van der Waals surface area contributed by atoms with Crippen LogP contribution in [0.15, 0.2) is 40.1 Å². The van der Waals surface area contributed by atoms with Crippen molar-refractivity contribution in [1.29, 1.82) is 0 Å². The first kappa shape index (κ1) is 19.9. The van der Waals surface area contributed by atoms with Gasteiger partial charge in [0.15, 0.2) is 0 Å². The van der Waals surface area contributed by atoms with E-state index < -0.39 is 48.0 Å². The smallest absolute Gasteiger partial charge is 0.394 e. The number of ether oxygens (including phenoxy) is 1. The van der Waals surface area contributed by atoms with E-state index in [1.165, 1.54) is 12.1 Å². The molecule has 3 unspecified atom stereocenters. The van der Waals surface area contributed by atoms with Crippen LogP contribution >= 0.6 is 0 Å². The maximum absolute atomic E-state index is 12.6. The largest absolute Gasteiger partial charge is 0.416 e. The summed E-state index contributed by atoms with van der Waals surface area (Å²) in [5.41, 5.74) is -2.22. The number of aliphatic hydroxyl groups is 2. The zero-order chi connectivity index (χ0) is 20.5. The van der Waals surface area contributed by atoms with Crippen LogP contribution in [-0.4, -0.2) is 38.6 Å². The Hall–Kier alpha value is -2.87. The molecule has 3 atom stereocenters. The molecule has 0 saturated carbocycles. The molecule has 2 heterocycles. The highest BCUT2D eigenvalue weighted by Crippen LogP contribution is 2.29. The van der Waals surface area contributed by atoms with Gasteiger partial charge in [-0.15, -0.1) is 0 Å². The van der Waals surface area contributed by atoms with E-state index in [-0.39, 0.29) is 17.5 Å². The third-order valence-electron chi connectivity index (χ3n) is 4.22. The molecule has 1 aromatic heterocycles. The lowest BCUT2D eigenvalue weighted by atomic mass is 10.1. The molecular weight excluding hydrogens is 381 g/mol. The lowest BCUT2D eigenvalue weighted by Gasteiger charge is -2.14. The number of hydrogen-bond acceptors (Lipinski definition) is 5. The molecule has 0 aliphatic carbocycles. The summed E-state index contributed by atoms with van der Waals surface area (Å²) in [6.45, 7) is -0.434. The van der Waals surface area contributed by atoms with E-state index in [1.807, 2.05) is 0 Å². The molecule has 3 N–H and O–H groups in total. The van der Waals surface area contributed by atoms with Crippen LogP contribution in [0.1, 0.15) is 29.3 Å². The number of halogens is 3. The van der Waals surface area contributed by atoms with E-state index in [1.54, 1.807) is 0 Å². The first-order valence-corrected chi connectivity index (χ1v) is 8.18. The fraction of sp³-hybridized carbons (Fsp3) is 0.333. The molecule has 0 amide bonds. The van der Waals surface area contributed by atoms with Gasteiger partial charge in [-0.3, -0.25) is 14.3 Å². The van der Waals surface area contributed by atoms with Crippen molar-refractivity contribution in [2.45, 2.75) is 31.0 Å². The van der Waals surface area contributed by atoms with Crippen molar-refractivity contribution in [2.24, 2.45) is 0 Å². The number of aliphatic hydroxyl groups excluding tert-OH is 2. The van der Waals surface area contributed by atoms with Crippen LogP contribution in [0.3, 0.4) is 0 Å². The van der Waals surface area contributed by atoms with Crippen LogP contribution in [-0.2, 0) is 10.9 Å². The van der Waals surface area contributed by atoms with Crippen molar-refractivity contribution in [3.8, 4) is 11.8 Å². The minimum Gasteiger partial charge on any atom is -0.394 e. The number of rotatable bonds is 2. The van der Waals surface area contributed by atoms with E-state index in [9.17, 15) is 27.9 Å². The van der Waals surface area contributed by atoms with Gasteiger partial charge in [0, 0.05) is 18.2 Å². The summed E-state index contributed by atoms with van der Waals surface area (Å²) < 4.78 is 44.1. The summed E-state index contributed by atoms with van der Waals surface area (Å²) in [7, 11) is 0. The Morgan fingerprint density at radius 2 is 1.89 bits per heavy atom.